The molecule has 5 aliphatic carbocycles. The Morgan fingerprint density at radius 2 is 0.523 bits per heavy atom. The summed E-state index contributed by atoms with van der Waals surface area (Å²) in [5.74, 6) is 3.65. The van der Waals surface area contributed by atoms with E-state index in [2.05, 4.69) is 426 Å². The van der Waals surface area contributed by atoms with Crippen LogP contribution >= 0.6 is 22.7 Å². The molecular weight excluding hydrogens is 1590 g/mol. The van der Waals surface area contributed by atoms with Crippen molar-refractivity contribution in [3.8, 4) is 124 Å². The first-order chi connectivity index (χ1) is 63.3. The van der Waals surface area contributed by atoms with Crippen LogP contribution in [0.4, 0.5) is 0 Å². The molecule has 0 aliphatic heterocycles. The van der Waals surface area contributed by atoms with Crippen LogP contribution in [0.3, 0.4) is 0 Å². The predicted molar refractivity (Wildman–Crippen MR) is 525 cm³/mol. The van der Waals surface area contributed by atoms with Crippen LogP contribution in [0.2, 0.25) is 0 Å². The zero-order valence-corrected chi connectivity index (χ0v) is 71.2. The molecule has 27 rings (SSSR count). The third-order valence-electron chi connectivity index (χ3n) is 28.7. The minimum absolute atomic E-state index is 0.567. The molecule has 596 valence electrons. The van der Waals surface area contributed by atoms with Gasteiger partial charge in [0.15, 0.2) is 34.9 Å². The van der Waals surface area contributed by atoms with Gasteiger partial charge in [-0.15, -0.1) is 22.7 Å². The van der Waals surface area contributed by atoms with E-state index in [4.69, 9.17) is 29.9 Å². The molecule has 4 aromatic heterocycles. The summed E-state index contributed by atoms with van der Waals surface area (Å²) < 4.78 is 4.66. The lowest BCUT2D eigenvalue weighted by atomic mass is 9.67. The summed E-state index contributed by atoms with van der Waals surface area (Å²) in [7, 11) is 0. The van der Waals surface area contributed by atoms with Crippen molar-refractivity contribution >= 4 is 63.0 Å². The number of hydrogen-bond donors (Lipinski definition) is 0. The first-order valence-electron chi connectivity index (χ1n) is 44.1. The second-order valence-electron chi connectivity index (χ2n) is 34.9. The van der Waals surface area contributed by atoms with Gasteiger partial charge in [-0.25, -0.2) is 29.9 Å². The van der Waals surface area contributed by atoms with Crippen molar-refractivity contribution < 1.29 is 0 Å². The Morgan fingerprint density at radius 1 is 0.211 bits per heavy atom. The van der Waals surface area contributed by atoms with Crippen molar-refractivity contribution in [3.05, 3.63) is 502 Å². The lowest BCUT2D eigenvalue weighted by Gasteiger charge is -2.34. The van der Waals surface area contributed by atoms with E-state index in [1.807, 2.05) is 11.3 Å². The molecule has 128 heavy (non-hydrogen) atoms. The highest BCUT2D eigenvalue weighted by Crippen LogP contribution is 2.66. The van der Waals surface area contributed by atoms with Gasteiger partial charge in [0, 0.05) is 79.1 Å². The summed E-state index contributed by atoms with van der Waals surface area (Å²) in [5, 5.41) is 4.78. The molecule has 0 N–H and O–H groups in total. The Morgan fingerprint density at radius 3 is 1.05 bits per heavy atom. The first kappa shape index (κ1) is 72.8. The van der Waals surface area contributed by atoms with E-state index in [1.165, 1.54) is 148 Å². The molecule has 8 heteroatoms. The van der Waals surface area contributed by atoms with Gasteiger partial charge >= 0.3 is 0 Å². The van der Waals surface area contributed by atoms with E-state index in [1.54, 1.807) is 11.3 Å². The maximum atomic E-state index is 5.94. The van der Waals surface area contributed by atoms with Gasteiger partial charge in [0.2, 0.25) is 0 Å². The Kier molecular flexibility index (Phi) is 15.8. The fourth-order valence-electron chi connectivity index (χ4n) is 23.6. The quantitative estimate of drug-likeness (QED) is 0.121. The van der Waals surface area contributed by atoms with E-state index in [9.17, 15) is 0 Å². The van der Waals surface area contributed by atoms with Crippen LogP contribution in [-0.4, -0.2) is 29.9 Å². The minimum atomic E-state index is -0.669. The molecule has 0 fully saturated rings. The highest BCUT2D eigenvalue weighted by atomic mass is 32.1. The molecule has 5 aliphatic rings. The van der Waals surface area contributed by atoms with E-state index in [-0.39, 0.29) is 0 Å². The third kappa shape index (κ3) is 10.0. The van der Waals surface area contributed by atoms with Crippen LogP contribution in [0.1, 0.15) is 90.4 Å². The zero-order chi connectivity index (χ0) is 84.1. The molecule has 1 atom stereocenters. The second kappa shape index (κ2) is 27.7. The SMILES string of the molecule is CC1(Cc2ccc(-c3nc(-c4ccc5c(c4)C(c4ccccc4)(c4ccccc4)c4ccccc4-5)nc(-c4cccc5c4-c4ccccc4C5(c4ccccc4)c4ccccc4)n3)c3sc4ccccc4c23)c2ccccc2-c2c(-c3nc(-c4cccc5c4-c4ccccc4C54c5ccccc5-c5ccccc54)nc(-c4cccc5c4sc4ccccc45)n3)cccc21. The molecule has 22 aromatic rings. The van der Waals surface area contributed by atoms with Crippen LogP contribution in [0.5, 0.6) is 0 Å². The number of thiophene rings is 2. The highest BCUT2D eigenvalue weighted by Gasteiger charge is 2.54. The van der Waals surface area contributed by atoms with E-state index < -0.39 is 21.7 Å². The Balaban J connectivity index is 0.654. The van der Waals surface area contributed by atoms with Gasteiger partial charge in [0.05, 0.1) is 16.2 Å². The van der Waals surface area contributed by atoms with Gasteiger partial charge in [-0.3, -0.25) is 0 Å². The van der Waals surface area contributed by atoms with Crippen molar-refractivity contribution in [2.24, 2.45) is 0 Å². The molecule has 1 unspecified atom stereocenters. The molecule has 4 heterocycles. The third-order valence-corrected chi connectivity index (χ3v) is 31.1. The number of aromatic nitrogens is 6. The van der Waals surface area contributed by atoms with Crippen molar-refractivity contribution in [2.75, 3.05) is 0 Å². The summed E-state index contributed by atoms with van der Waals surface area (Å²) in [4.78, 5) is 35.2. The number of hydrogen-bond acceptors (Lipinski definition) is 8. The molecule has 0 saturated carbocycles. The average molecular weight is 1660 g/mol. The molecule has 0 bridgehead atoms. The van der Waals surface area contributed by atoms with Crippen molar-refractivity contribution in [3.63, 3.8) is 0 Å². The molecule has 1 spiro atoms. The Hall–Kier alpha value is -15.6. The molecule has 0 radical (unpaired) electrons. The lowest BCUT2D eigenvalue weighted by molar-refractivity contribution is 0.585. The molecule has 0 saturated heterocycles. The Bertz CT molecular complexity index is 8340. The number of nitrogens with zero attached hydrogens (tertiary/aromatic N) is 6. The molecule has 18 aromatic carbocycles. The van der Waals surface area contributed by atoms with Gasteiger partial charge in [0.1, 0.15) is 0 Å². The van der Waals surface area contributed by atoms with Gasteiger partial charge < -0.3 is 0 Å². The average Bonchev–Trinajstić information content (AvgIpc) is 1.50. The van der Waals surface area contributed by atoms with Gasteiger partial charge in [-0.2, -0.15) is 0 Å². The van der Waals surface area contributed by atoms with Crippen LogP contribution in [0, 0.1) is 0 Å². The van der Waals surface area contributed by atoms with E-state index in [0.717, 1.165) is 65.0 Å². The standard InChI is InChI=1S/C120H74N6S2/c1-117(93-55-22-17-46-84(93)106-88(51-31-61-99(106)117)113-123-114(126-115(125-113)91-54-30-50-83-82-45-20-28-64-103(82)127-109(83)91)90-53-33-63-101-108(90)86-48-19-27-60-98(86)120(101)95-57-24-15-42-78(95)79-43-16-25-58-96(79)120)71-73-67-69-92(110-105(73)87-49-21-29-65-104(87)128-110)116-122-111(72-66-68-81-80-44-14-23-56-94(80)119(102(81)70-72,76-38-10-4-11-39-76)77-40-12-5-13-41-77)121-112(124-116)89-52-32-62-100-107(89)85-47-18-26-59-97(85)118(100,74-34-6-2-7-35-74)75-36-8-3-9-37-75/h2-70H,71H2,1H3. The molecule has 0 amide bonds. The smallest absolute Gasteiger partial charge is 0.165 e. The Labute approximate surface area is 748 Å². The number of fused-ring (bicyclic) bond motifs is 25. The fourth-order valence-corrected chi connectivity index (χ4v) is 26.1. The maximum absolute atomic E-state index is 5.94. The summed E-state index contributed by atoms with van der Waals surface area (Å²) in [6, 6.07) is 155. The predicted octanol–water partition coefficient (Wildman–Crippen LogP) is 29.4. The van der Waals surface area contributed by atoms with Crippen LogP contribution in [0.25, 0.3) is 164 Å². The van der Waals surface area contributed by atoms with Crippen LogP contribution < -0.4 is 0 Å². The number of rotatable bonds is 12. The van der Waals surface area contributed by atoms with Crippen LogP contribution in [0.15, 0.2) is 419 Å². The summed E-state index contributed by atoms with van der Waals surface area (Å²) >= 11 is 3.62. The molecule has 6 nitrogen and oxygen atoms in total. The van der Waals surface area contributed by atoms with E-state index >= 15 is 0 Å². The fraction of sp³-hybridized carbons (Fsp3) is 0.0500. The topological polar surface area (TPSA) is 77.3 Å². The largest absolute Gasteiger partial charge is 0.208 e. The van der Waals surface area contributed by atoms with E-state index in [0.29, 0.717) is 41.4 Å². The van der Waals surface area contributed by atoms with Crippen molar-refractivity contribution in [2.45, 2.75) is 35.0 Å². The molecular formula is C120H74N6S2. The van der Waals surface area contributed by atoms with Crippen molar-refractivity contribution in [1.29, 1.82) is 0 Å². The first-order valence-corrected chi connectivity index (χ1v) is 45.7. The lowest BCUT2D eigenvalue weighted by Crippen LogP contribution is -2.28. The number of benzene rings is 18. The second-order valence-corrected chi connectivity index (χ2v) is 37.0. The maximum Gasteiger partial charge on any atom is 0.165 e. The van der Waals surface area contributed by atoms with Crippen molar-refractivity contribution in [1.82, 2.24) is 29.9 Å². The monoisotopic (exact) mass is 1660 g/mol. The van der Waals surface area contributed by atoms with Gasteiger partial charge in [-0.1, -0.05) is 395 Å². The van der Waals surface area contributed by atoms with Crippen LogP contribution in [-0.2, 0) is 28.1 Å². The summed E-state index contributed by atoms with van der Waals surface area (Å²) in [5.41, 5.74) is 33.3. The highest BCUT2D eigenvalue weighted by molar-refractivity contribution is 7.26. The minimum Gasteiger partial charge on any atom is -0.208 e. The normalized spacial score (nSPS) is 15.0. The summed E-state index contributed by atoms with van der Waals surface area (Å²) in [6.45, 7) is 2.46. The van der Waals surface area contributed by atoms with Gasteiger partial charge in [-0.05, 0) is 176 Å². The van der Waals surface area contributed by atoms with Gasteiger partial charge in [0.25, 0.3) is 0 Å². The summed E-state index contributed by atoms with van der Waals surface area (Å²) in [6.07, 6.45) is 0.666. The zero-order valence-electron chi connectivity index (χ0n) is 69.5.